The second-order valence-electron chi connectivity index (χ2n) is 3.78. The zero-order chi connectivity index (χ0) is 10.1. The number of hydrogen-bond donors (Lipinski definition) is 2. The monoisotopic (exact) mass is 193 g/mol. The van der Waals surface area contributed by atoms with E-state index in [1.807, 2.05) is 12.1 Å². The van der Waals surface area contributed by atoms with Gasteiger partial charge in [-0.25, -0.2) is 0 Å². The third-order valence-electron chi connectivity index (χ3n) is 2.68. The number of rotatable bonds is 3. The highest BCUT2D eigenvalue weighted by Crippen LogP contribution is 2.42. The Kier molecular flexibility index (Phi) is 2.33. The third kappa shape index (κ3) is 1.68. The summed E-state index contributed by atoms with van der Waals surface area (Å²) in [6.45, 7) is 0. The Morgan fingerprint density at radius 2 is 2.21 bits per heavy atom. The predicted octanol–water partition coefficient (Wildman–Crippen LogP) is 1.72. The van der Waals surface area contributed by atoms with Crippen LogP contribution < -0.4 is 10.5 Å². The molecule has 3 heteroatoms. The van der Waals surface area contributed by atoms with E-state index in [1.165, 1.54) is 0 Å². The van der Waals surface area contributed by atoms with Gasteiger partial charge in [-0.15, -0.1) is 0 Å². The molecule has 3 N–H and O–H groups in total. The summed E-state index contributed by atoms with van der Waals surface area (Å²) >= 11 is 0. The average Bonchev–Trinajstić information content (AvgIpc) is 3.00. The van der Waals surface area contributed by atoms with Crippen molar-refractivity contribution in [1.82, 2.24) is 0 Å². The Balaban J connectivity index is 2.24. The Bertz CT molecular complexity index is 334. The van der Waals surface area contributed by atoms with E-state index in [0.717, 1.165) is 24.2 Å². The van der Waals surface area contributed by atoms with Gasteiger partial charge < -0.3 is 15.6 Å². The minimum absolute atomic E-state index is 0.402. The van der Waals surface area contributed by atoms with Crippen LogP contribution in [0.2, 0.25) is 0 Å². The van der Waals surface area contributed by atoms with Gasteiger partial charge in [-0.3, -0.25) is 0 Å². The maximum atomic E-state index is 9.88. The molecule has 0 saturated heterocycles. The summed E-state index contributed by atoms with van der Waals surface area (Å²) in [4.78, 5) is 0. The molecule has 1 aliphatic rings. The molecule has 0 aliphatic heterocycles. The first kappa shape index (κ1) is 9.34. The number of anilines is 1. The van der Waals surface area contributed by atoms with Gasteiger partial charge in [0.15, 0.2) is 0 Å². The van der Waals surface area contributed by atoms with E-state index in [9.17, 15) is 5.11 Å². The molecule has 0 aromatic heterocycles. The number of aliphatic hydroxyl groups excluding tert-OH is 1. The lowest BCUT2D eigenvalue weighted by Crippen LogP contribution is -2.04. The van der Waals surface area contributed by atoms with Crippen LogP contribution >= 0.6 is 0 Å². The van der Waals surface area contributed by atoms with E-state index in [0.29, 0.717) is 11.6 Å². The fraction of sp³-hybridized carbons (Fsp3) is 0.455. The van der Waals surface area contributed by atoms with Crippen molar-refractivity contribution in [2.75, 3.05) is 12.8 Å². The van der Waals surface area contributed by atoms with Gasteiger partial charge >= 0.3 is 0 Å². The number of ether oxygens (including phenoxy) is 1. The average molecular weight is 193 g/mol. The van der Waals surface area contributed by atoms with Crippen molar-refractivity contribution in [2.24, 2.45) is 5.92 Å². The van der Waals surface area contributed by atoms with Crippen molar-refractivity contribution < 1.29 is 9.84 Å². The van der Waals surface area contributed by atoms with Crippen LogP contribution in [0.15, 0.2) is 18.2 Å². The smallest absolute Gasteiger partial charge is 0.120 e. The Labute approximate surface area is 83.5 Å². The molecule has 1 atom stereocenters. The van der Waals surface area contributed by atoms with Gasteiger partial charge in [0, 0.05) is 17.3 Å². The largest absolute Gasteiger partial charge is 0.497 e. The van der Waals surface area contributed by atoms with Crippen LogP contribution in [0.25, 0.3) is 0 Å². The van der Waals surface area contributed by atoms with E-state index in [-0.39, 0.29) is 0 Å². The van der Waals surface area contributed by atoms with E-state index in [4.69, 9.17) is 10.5 Å². The lowest BCUT2D eigenvalue weighted by atomic mass is 10.0. The second-order valence-corrected chi connectivity index (χ2v) is 3.78. The number of hydrogen-bond acceptors (Lipinski definition) is 3. The summed E-state index contributed by atoms with van der Waals surface area (Å²) in [7, 11) is 1.60. The fourth-order valence-corrected chi connectivity index (χ4v) is 1.62. The SMILES string of the molecule is COc1ccc(C(O)C2CC2)c(N)c1. The first-order valence-corrected chi connectivity index (χ1v) is 4.84. The second kappa shape index (κ2) is 3.50. The zero-order valence-electron chi connectivity index (χ0n) is 8.23. The number of aliphatic hydroxyl groups is 1. The molecular formula is C11H15NO2. The highest BCUT2D eigenvalue weighted by Gasteiger charge is 2.31. The number of nitrogen functional groups attached to an aromatic ring is 1. The highest BCUT2D eigenvalue weighted by atomic mass is 16.5. The van der Waals surface area contributed by atoms with E-state index >= 15 is 0 Å². The molecular weight excluding hydrogens is 178 g/mol. The summed E-state index contributed by atoms with van der Waals surface area (Å²) in [6, 6.07) is 5.43. The van der Waals surface area contributed by atoms with Crippen LogP contribution in [0, 0.1) is 5.92 Å². The van der Waals surface area contributed by atoms with Gasteiger partial charge in [0.25, 0.3) is 0 Å². The standard InChI is InChI=1S/C11H15NO2/c1-14-8-4-5-9(10(12)6-8)11(13)7-2-3-7/h4-7,11,13H,2-3,12H2,1H3. The maximum Gasteiger partial charge on any atom is 0.120 e. The topological polar surface area (TPSA) is 55.5 Å². The molecule has 0 radical (unpaired) electrons. The van der Waals surface area contributed by atoms with Crippen molar-refractivity contribution in [2.45, 2.75) is 18.9 Å². The summed E-state index contributed by atoms with van der Waals surface area (Å²) < 4.78 is 5.04. The molecule has 1 aromatic rings. The van der Waals surface area contributed by atoms with E-state index in [2.05, 4.69) is 0 Å². The van der Waals surface area contributed by atoms with Gasteiger partial charge in [-0.2, -0.15) is 0 Å². The zero-order valence-corrected chi connectivity index (χ0v) is 8.23. The van der Waals surface area contributed by atoms with Crippen LogP contribution in [-0.4, -0.2) is 12.2 Å². The molecule has 0 spiro atoms. The predicted molar refractivity (Wildman–Crippen MR) is 55.1 cm³/mol. The van der Waals surface area contributed by atoms with Gasteiger partial charge in [0.2, 0.25) is 0 Å². The molecule has 1 fully saturated rings. The number of nitrogens with two attached hydrogens (primary N) is 1. The van der Waals surface area contributed by atoms with Gasteiger partial charge in [0.05, 0.1) is 13.2 Å². The summed E-state index contributed by atoms with van der Waals surface area (Å²) in [5, 5.41) is 9.88. The quantitative estimate of drug-likeness (QED) is 0.719. The van der Waals surface area contributed by atoms with Gasteiger partial charge in [0.1, 0.15) is 5.75 Å². The van der Waals surface area contributed by atoms with Gasteiger partial charge in [-0.05, 0) is 24.8 Å². The normalized spacial score (nSPS) is 17.9. The minimum Gasteiger partial charge on any atom is -0.497 e. The minimum atomic E-state index is -0.402. The molecule has 1 aromatic carbocycles. The Hall–Kier alpha value is -1.22. The van der Waals surface area contributed by atoms with Gasteiger partial charge in [-0.1, -0.05) is 6.07 Å². The van der Waals surface area contributed by atoms with Crippen LogP contribution in [0.1, 0.15) is 24.5 Å². The number of benzene rings is 1. The molecule has 3 nitrogen and oxygen atoms in total. The molecule has 2 rings (SSSR count). The van der Waals surface area contributed by atoms with Crippen LogP contribution in [0.5, 0.6) is 5.75 Å². The molecule has 1 unspecified atom stereocenters. The Morgan fingerprint density at radius 3 is 2.71 bits per heavy atom. The first-order chi connectivity index (χ1) is 6.72. The summed E-state index contributed by atoms with van der Waals surface area (Å²) in [6.07, 6.45) is 1.81. The summed E-state index contributed by atoms with van der Waals surface area (Å²) in [5.41, 5.74) is 7.27. The molecule has 14 heavy (non-hydrogen) atoms. The van der Waals surface area contributed by atoms with E-state index in [1.54, 1.807) is 13.2 Å². The van der Waals surface area contributed by atoms with E-state index < -0.39 is 6.10 Å². The first-order valence-electron chi connectivity index (χ1n) is 4.84. The molecule has 1 saturated carbocycles. The number of methoxy groups -OCH3 is 1. The van der Waals surface area contributed by atoms with Crippen LogP contribution in [-0.2, 0) is 0 Å². The van der Waals surface area contributed by atoms with Crippen LogP contribution in [0.3, 0.4) is 0 Å². The lowest BCUT2D eigenvalue weighted by Gasteiger charge is -2.13. The summed E-state index contributed by atoms with van der Waals surface area (Å²) in [5.74, 6) is 1.14. The van der Waals surface area contributed by atoms with Crippen molar-refractivity contribution in [3.8, 4) is 5.75 Å². The fourth-order valence-electron chi connectivity index (χ4n) is 1.62. The van der Waals surface area contributed by atoms with Crippen molar-refractivity contribution in [3.63, 3.8) is 0 Å². The molecule has 76 valence electrons. The molecule has 0 bridgehead atoms. The maximum absolute atomic E-state index is 9.88. The third-order valence-corrected chi connectivity index (χ3v) is 2.68. The highest BCUT2D eigenvalue weighted by molar-refractivity contribution is 5.52. The molecule has 0 heterocycles. The van der Waals surface area contributed by atoms with Crippen molar-refractivity contribution >= 4 is 5.69 Å². The lowest BCUT2D eigenvalue weighted by molar-refractivity contribution is 0.154. The molecule has 0 amide bonds. The molecule has 1 aliphatic carbocycles. The van der Waals surface area contributed by atoms with Crippen molar-refractivity contribution in [3.05, 3.63) is 23.8 Å². The van der Waals surface area contributed by atoms with Crippen LogP contribution in [0.4, 0.5) is 5.69 Å². The Morgan fingerprint density at radius 1 is 1.50 bits per heavy atom. The van der Waals surface area contributed by atoms with Crippen molar-refractivity contribution in [1.29, 1.82) is 0 Å².